The third kappa shape index (κ3) is 2.06. The van der Waals surface area contributed by atoms with Gasteiger partial charge in [-0.1, -0.05) is 34.1 Å². The summed E-state index contributed by atoms with van der Waals surface area (Å²) in [5.41, 5.74) is 4.46. The standard InChI is InChI=1S/C15H19BrO/c1-15(8-3-9-17-15)14(16)13-7-6-11-4-2-5-12(11)10-13/h6-7,10,14H,2-5,8-9H2,1H3. The van der Waals surface area contributed by atoms with Gasteiger partial charge in [0.1, 0.15) is 0 Å². The molecule has 0 radical (unpaired) electrons. The molecule has 2 atom stereocenters. The highest BCUT2D eigenvalue weighted by atomic mass is 79.9. The fourth-order valence-corrected chi connectivity index (χ4v) is 3.75. The van der Waals surface area contributed by atoms with Crippen molar-refractivity contribution in [2.45, 2.75) is 49.5 Å². The van der Waals surface area contributed by atoms with Crippen molar-refractivity contribution in [3.05, 3.63) is 34.9 Å². The van der Waals surface area contributed by atoms with Crippen LogP contribution in [0, 0.1) is 0 Å². The van der Waals surface area contributed by atoms with E-state index < -0.39 is 0 Å². The maximum absolute atomic E-state index is 5.93. The molecule has 0 saturated carbocycles. The molecule has 1 saturated heterocycles. The summed E-state index contributed by atoms with van der Waals surface area (Å²) in [6.45, 7) is 3.14. The van der Waals surface area contributed by atoms with Gasteiger partial charge in [-0.2, -0.15) is 0 Å². The number of benzene rings is 1. The van der Waals surface area contributed by atoms with Gasteiger partial charge in [0.25, 0.3) is 0 Å². The lowest BCUT2D eigenvalue weighted by atomic mass is 9.92. The van der Waals surface area contributed by atoms with E-state index in [9.17, 15) is 0 Å². The monoisotopic (exact) mass is 294 g/mol. The summed E-state index contributed by atoms with van der Waals surface area (Å²) < 4.78 is 5.93. The zero-order valence-electron chi connectivity index (χ0n) is 10.3. The molecule has 0 N–H and O–H groups in total. The average Bonchev–Trinajstić information content (AvgIpc) is 2.96. The van der Waals surface area contributed by atoms with Crippen molar-refractivity contribution in [1.82, 2.24) is 0 Å². The Morgan fingerprint density at radius 3 is 2.82 bits per heavy atom. The van der Waals surface area contributed by atoms with E-state index in [1.54, 1.807) is 11.1 Å². The van der Waals surface area contributed by atoms with E-state index in [1.165, 1.54) is 31.2 Å². The van der Waals surface area contributed by atoms with Crippen LogP contribution in [0.2, 0.25) is 0 Å². The minimum absolute atomic E-state index is 0.0210. The van der Waals surface area contributed by atoms with Gasteiger partial charge in [0.05, 0.1) is 10.4 Å². The maximum Gasteiger partial charge on any atom is 0.0820 e. The van der Waals surface area contributed by atoms with Gasteiger partial charge in [-0.25, -0.2) is 0 Å². The van der Waals surface area contributed by atoms with Crippen LogP contribution in [0.25, 0.3) is 0 Å². The van der Waals surface area contributed by atoms with E-state index >= 15 is 0 Å². The smallest absolute Gasteiger partial charge is 0.0820 e. The molecule has 0 bridgehead atoms. The first-order chi connectivity index (χ1) is 8.19. The minimum atomic E-state index is -0.0210. The average molecular weight is 295 g/mol. The lowest BCUT2D eigenvalue weighted by Gasteiger charge is -2.29. The summed E-state index contributed by atoms with van der Waals surface area (Å²) in [5.74, 6) is 0. The third-order valence-corrected chi connectivity index (χ3v) is 5.70. The van der Waals surface area contributed by atoms with Crippen LogP contribution in [0.5, 0.6) is 0 Å². The van der Waals surface area contributed by atoms with Gasteiger partial charge in [-0.3, -0.25) is 0 Å². The van der Waals surface area contributed by atoms with Crippen molar-refractivity contribution in [2.75, 3.05) is 6.61 Å². The van der Waals surface area contributed by atoms with Gasteiger partial charge in [0.2, 0.25) is 0 Å². The van der Waals surface area contributed by atoms with Crippen LogP contribution in [0.4, 0.5) is 0 Å². The van der Waals surface area contributed by atoms with Crippen LogP contribution < -0.4 is 0 Å². The number of halogens is 1. The van der Waals surface area contributed by atoms with Crippen LogP contribution in [-0.2, 0) is 17.6 Å². The number of hydrogen-bond acceptors (Lipinski definition) is 1. The van der Waals surface area contributed by atoms with Gasteiger partial charge in [0, 0.05) is 6.61 Å². The first kappa shape index (κ1) is 11.7. The predicted molar refractivity (Wildman–Crippen MR) is 73.7 cm³/mol. The molecule has 1 fully saturated rings. The summed E-state index contributed by atoms with van der Waals surface area (Å²) in [7, 11) is 0. The number of rotatable bonds is 2. The molecule has 1 aliphatic carbocycles. The fraction of sp³-hybridized carbons (Fsp3) is 0.600. The van der Waals surface area contributed by atoms with Crippen LogP contribution >= 0.6 is 15.9 Å². The molecule has 1 nitrogen and oxygen atoms in total. The zero-order chi connectivity index (χ0) is 11.9. The van der Waals surface area contributed by atoms with Gasteiger partial charge in [0.15, 0.2) is 0 Å². The second-order valence-electron chi connectivity index (χ2n) is 5.51. The first-order valence-corrected chi connectivity index (χ1v) is 7.50. The highest BCUT2D eigenvalue weighted by Crippen LogP contribution is 2.43. The Morgan fingerprint density at radius 2 is 2.06 bits per heavy atom. The summed E-state index contributed by atoms with van der Waals surface area (Å²) in [5, 5.41) is 0. The minimum Gasteiger partial charge on any atom is -0.374 e. The molecule has 92 valence electrons. The molecular formula is C15H19BrO. The van der Waals surface area contributed by atoms with Crippen molar-refractivity contribution in [1.29, 1.82) is 0 Å². The third-order valence-electron chi connectivity index (χ3n) is 4.20. The van der Waals surface area contributed by atoms with Crippen molar-refractivity contribution >= 4 is 15.9 Å². The lowest BCUT2D eigenvalue weighted by molar-refractivity contribution is 0.0197. The van der Waals surface area contributed by atoms with Gasteiger partial charge in [-0.15, -0.1) is 0 Å². The maximum atomic E-state index is 5.93. The Labute approximate surface area is 112 Å². The Bertz CT molecular complexity index is 421. The molecular weight excluding hydrogens is 276 g/mol. The van der Waals surface area contributed by atoms with E-state index in [0.717, 1.165) is 13.0 Å². The number of ether oxygens (including phenoxy) is 1. The summed E-state index contributed by atoms with van der Waals surface area (Å²) in [4.78, 5) is 0.323. The predicted octanol–water partition coefficient (Wildman–Crippen LogP) is 4.18. The molecule has 0 spiro atoms. The topological polar surface area (TPSA) is 9.23 Å². The molecule has 3 rings (SSSR count). The lowest BCUT2D eigenvalue weighted by Crippen LogP contribution is -2.28. The number of aryl methyl sites for hydroxylation is 2. The van der Waals surface area contributed by atoms with E-state index in [0.29, 0.717) is 4.83 Å². The number of hydrogen-bond donors (Lipinski definition) is 0. The molecule has 1 heterocycles. The van der Waals surface area contributed by atoms with Crippen LogP contribution in [0.3, 0.4) is 0 Å². The molecule has 1 aliphatic heterocycles. The van der Waals surface area contributed by atoms with E-state index in [1.807, 2.05) is 0 Å². The Kier molecular flexibility index (Phi) is 3.04. The quantitative estimate of drug-likeness (QED) is 0.744. The van der Waals surface area contributed by atoms with Crippen LogP contribution in [-0.4, -0.2) is 12.2 Å². The summed E-state index contributed by atoms with van der Waals surface area (Å²) in [6, 6.07) is 6.97. The summed E-state index contributed by atoms with van der Waals surface area (Å²) in [6.07, 6.45) is 6.17. The van der Waals surface area contributed by atoms with Crippen molar-refractivity contribution in [3.8, 4) is 0 Å². The second kappa shape index (κ2) is 4.40. The zero-order valence-corrected chi connectivity index (χ0v) is 11.9. The van der Waals surface area contributed by atoms with Crippen molar-refractivity contribution < 1.29 is 4.74 Å². The largest absolute Gasteiger partial charge is 0.374 e. The molecule has 17 heavy (non-hydrogen) atoms. The summed E-state index contributed by atoms with van der Waals surface area (Å²) >= 11 is 3.85. The Morgan fingerprint density at radius 1 is 1.24 bits per heavy atom. The van der Waals surface area contributed by atoms with Crippen LogP contribution in [0.15, 0.2) is 18.2 Å². The molecule has 2 unspecified atom stereocenters. The van der Waals surface area contributed by atoms with Crippen molar-refractivity contribution in [3.63, 3.8) is 0 Å². The number of fused-ring (bicyclic) bond motifs is 1. The molecule has 2 aliphatic rings. The van der Waals surface area contributed by atoms with Gasteiger partial charge >= 0.3 is 0 Å². The molecule has 1 aromatic rings. The van der Waals surface area contributed by atoms with Gasteiger partial charge in [-0.05, 0) is 55.7 Å². The van der Waals surface area contributed by atoms with E-state index in [-0.39, 0.29) is 5.60 Å². The molecule has 1 aromatic carbocycles. The van der Waals surface area contributed by atoms with Crippen LogP contribution in [0.1, 0.15) is 47.7 Å². The van der Waals surface area contributed by atoms with Gasteiger partial charge < -0.3 is 4.74 Å². The highest BCUT2D eigenvalue weighted by molar-refractivity contribution is 9.09. The highest BCUT2D eigenvalue weighted by Gasteiger charge is 2.38. The Balaban J connectivity index is 1.88. The van der Waals surface area contributed by atoms with E-state index in [2.05, 4.69) is 41.1 Å². The molecule has 0 aromatic heterocycles. The molecule has 2 heteroatoms. The Hall–Kier alpha value is -0.340. The SMILES string of the molecule is CC1(C(Br)c2ccc3c(c2)CCC3)CCCO1. The second-order valence-corrected chi connectivity index (χ2v) is 6.42. The van der Waals surface area contributed by atoms with E-state index in [4.69, 9.17) is 4.74 Å². The molecule has 0 amide bonds. The fourth-order valence-electron chi connectivity index (χ4n) is 3.10. The number of alkyl halides is 1. The van der Waals surface area contributed by atoms with Crippen molar-refractivity contribution in [2.24, 2.45) is 0 Å². The first-order valence-electron chi connectivity index (χ1n) is 6.59. The normalized spacial score (nSPS) is 29.3.